The number of primary amides is 1. The van der Waals surface area contributed by atoms with Crippen LogP contribution in [0, 0.1) is 0 Å². The molecule has 3 atom stereocenters. The average molecular weight is 439 g/mol. The maximum Gasteiger partial charge on any atom is 0.305 e. The van der Waals surface area contributed by atoms with Crippen LogP contribution in [0.3, 0.4) is 0 Å². The number of carbonyl (C=O) groups is 5. The summed E-state index contributed by atoms with van der Waals surface area (Å²) >= 11 is 0. The van der Waals surface area contributed by atoms with Crippen molar-refractivity contribution < 1.29 is 28.7 Å². The minimum Gasteiger partial charge on any atom is -0.466 e. The lowest BCUT2D eigenvalue weighted by Gasteiger charge is -2.28. The Morgan fingerprint density at radius 2 is 2.00 bits per heavy atom. The summed E-state index contributed by atoms with van der Waals surface area (Å²) in [5.74, 6) is -2.18. The molecule has 4 amide bonds. The molecule has 2 saturated heterocycles. The number of unbranched alkanes of at least 4 members (excludes halogenated alkanes) is 3. The summed E-state index contributed by atoms with van der Waals surface area (Å²) in [5, 5.41) is 5.21. The van der Waals surface area contributed by atoms with Gasteiger partial charge in [0.1, 0.15) is 18.1 Å². The van der Waals surface area contributed by atoms with Crippen molar-refractivity contribution in [2.45, 2.75) is 89.3 Å². The molecule has 31 heavy (non-hydrogen) atoms. The van der Waals surface area contributed by atoms with Gasteiger partial charge >= 0.3 is 5.97 Å². The monoisotopic (exact) mass is 438 g/mol. The number of esters is 1. The Morgan fingerprint density at radius 1 is 1.23 bits per heavy atom. The Balaban J connectivity index is 1.95. The third kappa shape index (κ3) is 7.52. The Kier molecular flexibility index (Phi) is 9.74. The molecule has 2 rings (SSSR count). The number of amides is 4. The van der Waals surface area contributed by atoms with Crippen LogP contribution in [-0.2, 0) is 28.7 Å². The van der Waals surface area contributed by atoms with Crippen LogP contribution in [0.1, 0.15) is 71.1 Å². The van der Waals surface area contributed by atoms with Crippen LogP contribution in [0.2, 0.25) is 0 Å². The third-order valence-electron chi connectivity index (χ3n) is 5.69. The number of rotatable bonds is 12. The predicted octanol–water partition coefficient (Wildman–Crippen LogP) is 0.130. The van der Waals surface area contributed by atoms with Crippen molar-refractivity contribution in [1.82, 2.24) is 15.5 Å². The van der Waals surface area contributed by atoms with Crippen molar-refractivity contribution in [2.75, 3.05) is 13.2 Å². The highest BCUT2D eigenvalue weighted by atomic mass is 16.5. The van der Waals surface area contributed by atoms with E-state index in [0.717, 1.165) is 25.7 Å². The first kappa shape index (κ1) is 24.6. The smallest absolute Gasteiger partial charge is 0.305 e. The summed E-state index contributed by atoms with van der Waals surface area (Å²) in [7, 11) is 0. The highest BCUT2D eigenvalue weighted by Gasteiger charge is 2.38. The zero-order chi connectivity index (χ0) is 22.8. The molecule has 174 valence electrons. The molecule has 0 aromatic carbocycles. The number of nitrogens with one attached hydrogen (secondary N) is 2. The number of carbonyl (C=O) groups excluding carboxylic acids is 5. The van der Waals surface area contributed by atoms with E-state index in [1.165, 1.54) is 4.90 Å². The number of likely N-dealkylation sites (tertiary alicyclic amines) is 1. The van der Waals surface area contributed by atoms with Gasteiger partial charge in [-0.1, -0.05) is 26.2 Å². The van der Waals surface area contributed by atoms with Crippen LogP contribution in [0.5, 0.6) is 0 Å². The van der Waals surface area contributed by atoms with Gasteiger partial charge in [-0.05, 0) is 32.1 Å². The van der Waals surface area contributed by atoms with Crippen LogP contribution in [0.25, 0.3) is 0 Å². The molecule has 2 heterocycles. The lowest BCUT2D eigenvalue weighted by molar-refractivity contribution is -0.145. The fourth-order valence-electron chi connectivity index (χ4n) is 3.92. The summed E-state index contributed by atoms with van der Waals surface area (Å²) < 4.78 is 5.21. The van der Waals surface area contributed by atoms with Crippen molar-refractivity contribution in [3.05, 3.63) is 0 Å². The van der Waals surface area contributed by atoms with E-state index in [4.69, 9.17) is 10.5 Å². The molecule has 0 aromatic heterocycles. The second-order valence-electron chi connectivity index (χ2n) is 8.13. The quantitative estimate of drug-likeness (QED) is 0.291. The maximum absolute atomic E-state index is 13.1. The van der Waals surface area contributed by atoms with Gasteiger partial charge in [-0.15, -0.1) is 0 Å². The Bertz CT molecular complexity index is 683. The van der Waals surface area contributed by atoms with Crippen molar-refractivity contribution in [3.8, 4) is 0 Å². The molecule has 0 aliphatic carbocycles. The summed E-state index contributed by atoms with van der Waals surface area (Å²) in [6.45, 7) is 2.78. The van der Waals surface area contributed by atoms with E-state index in [1.807, 2.05) is 0 Å². The molecule has 0 radical (unpaired) electrons. The summed E-state index contributed by atoms with van der Waals surface area (Å²) in [4.78, 5) is 62.2. The minimum absolute atomic E-state index is 0.0427. The summed E-state index contributed by atoms with van der Waals surface area (Å²) in [6, 6.07) is -2.43. The Labute approximate surface area is 182 Å². The molecule has 2 aliphatic heterocycles. The van der Waals surface area contributed by atoms with Crippen molar-refractivity contribution >= 4 is 29.6 Å². The number of nitrogens with two attached hydrogens (primary N) is 1. The lowest BCUT2D eigenvalue weighted by Crippen LogP contribution is -2.55. The van der Waals surface area contributed by atoms with Gasteiger partial charge < -0.3 is 26.0 Å². The van der Waals surface area contributed by atoms with E-state index in [0.29, 0.717) is 32.4 Å². The molecule has 10 heteroatoms. The van der Waals surface area contributed by atoms with Gasteiger partial charge in [-0.2, -0.15) is 0 Å². The largest absolute Gasteiger partial charge is 0.466 e. The van der Waals surface area contributed by atoms with Crippen LogP contribution in [0.15, 0.2) is 0 Å². The highest BCUT2D eigenvalue weighted by Crippen LogP contribution is 2.19. The normalized spacial score (nSPS) is 21.5. The van der Waals surface area contributed by atoms with Gasteiger partial charge in [0, 0.05) is 19.4 Å². The molecule has 10 nitrogen and oxygen atoms in total. The standard InChI is InChI=1S/C21H34N4O6/c1-2-3-4-5-13-31-18(27)11-9-15(24-20(29)14-8-10-17(26)23-14)21(30)25-12-6-7-16(25)19(22)28/h14-16H,2-13H2,1H3,(H2,22,28)(H,23,26)(H,24,29)/t14-,15?,16-/m0/s1. The average Bonchev–Trinajstić information content (AvgIpc) is 3.39. The Hall–Kier alpha value is -2.65. The fraction of sp³-hybridized carbons (Fsp3) is 0.762. The van der Waals surface area contributed by atoms with Crippen LogP contribution in [-0.4, -0.2) is 65.8 Å². The first-order valence-electron chi connectivity index (χ1n) is 11.2. The zero-order valence-corrected chi connectivity index (χ0v) is 18.2. The van der Waals surface area contributed by atoms with Gasteiger partial charge in [0.2, 0.25) is 23.6 Å². The number of ether oxygens (including phenoxy) is 1. The van der Waals surface area contributed by atoms with E-state index in [-0.39, 0.29) is 25.2 Å². The second kappa shape index (κ2) is 12.3. The lowest BCUT2D eigenvalue weighted by atomic mass is 10.1. The minimum atomic E-state index is -1.00. The van der Waals surface area contributed by atoms with Crippen LogP contribution >= 0.6 is 0 Å². The molecule has 2 aliphatic rings. The summed E-state index contributed by atoms with van der Waals surface area (Å²) in [6.07, 6.45) is 5.63. The maximum atomic E-state index is 13.1. The van der Waals surface area contributed by atoms with Gasteiger partial charge in [0.25, 0.3) is 0 Å². The van der Waals surface area contributed by atoms with Crippen molar-refractivity contribution in [3.63, 3.8) is 0 Å². The molecule has 0 bridgehead atoms. The van der Waals surface area contributed by atoms with Gasteiger partial charge in [0.05, 0.1) is 6.61 Å². The van der Waals surface area contributed by atoms with Gasteiger partial charge in [-0.25, -0.2) is 0 Å². The molecule has 1 unspecified atom stereocenters. The molecule has 4 N–H and O–H groups in total. The number of nitrogens with zero attached hydrogens (tertiary/aromatic N) is 1. The topological polar surface area (TPSA) is 148 Å². The molecule has 0 aromatic rings. The van der Waals surface area contributed by atoms with Crippen molar-refractivity contribution in [1.29, 1.82) is 0 Å². The first-order chi connectivity index (χ1) is 14.8. The van der Waals surface area contributed by atoms with Crippen LogP contribution < -0.4 is 16.4 Å². The van der Waals surface area contributed by atoms with Gasteiger partial charge in [-0.3, -0.25) is 24.0 Å². The van der Waals surface area contributed by atoms with E-state index >= 15 is 0 Å². The zero-order valence-electron chi connectivity index (χ0n) is 18.2. The van der Waals surface area contributed by atoms with Gasteiger partial charge in [0.15, 0.2) is 0 Å². The Morgan fingerprint density at radius 3 is 2.65 bits per heavy atom. The molecule has 0 saturated carbocycles. The SMILES string of the molecule is CCCCCCOC(=O)CCC(NC(=O)[C@@H]1CCC(=O)N1)C(=O)N1CCC[C@H]1C(N)=O. The van der Waals surface area contributed by atoms with E-state index in [2.05, 4.69) is 17.6 Å². The highest BCUT2D eigenvalue weighted by molar-refractivity contribution is 5.95. The second-order valence-corrected chi connectivity index (χ2v) is 8.13. The van der Waals surface area contributed by atoms with E-state index in [1.54, 1.807) is 0 Å². The molecule has 0 spiro atoms. The van der Waals surface area contributed by atoms with E-state index in [9.17, 15) is 24.0 Å². The third-order valence-corrected chi connectivity index (χ3v) is 5.69. The number of hydrogen-bond donors (Lipinski definition) is 3. The number of hydrogen-bond acceptors (Lipinski definition) is 6. The van der Waals surface area contributed by atoms with Crippen LogP contribution in [0.4, 0.5) is 0 Å². The molecular formula is C21H34N4O6. The van der Waals surface area contributed by atoms with Crippen molar-refractivity contribution in [2.24, 2.45) is 5.73 Å². The fourth-order valence-corrected chi connectivity index (χ4v) is 3.92. The van der Waals surface area contributed by atoms with E-state index < -0.39 is 41.8 Å². The summed E-state index contributed by atoms with van der Waals surface area (Å²) in [5.41, 5.74) is 5.41. The molecular weight excluding hydrogens is 404 g/mol. The molecule has 2 fully saturated rings. The predicted molar refractivity (Wildman–Crippen MR) is 111 cm³/mol. The first-order valence-corrected chi connectivity index (χ1v) is 11.2.